The van der Waals surface area contributed by atoms with E-state index in [1.165, 1.54) is 16.2 Å². The Morgan fingerprint density at radius 1 is 1.02 bits per heavy atom. The number of H-pyrrole nitrogens is 1. The van der Waals surface area contributed by atoms with Crippen LogP contribution in [0.2, 0.25) is 0 Å². The molecule has 0 bridgehead atoms. The van der Waals surface area contributed by atoms with Crippen molar-refractivity contribution >= 4 is 11.9 Å². The molecule has 1 unspecified atom stereocenters. The Kier molecular flexibility index (Phi) is 9.05. The third-order valence-corrected chi connectivity index (χ3v) is 6.78. The highest BCUT2D eigenvalue weighted by Gasteiger charge is 2.25. The van der Waals surface area contributed by atoms with E-state index in [1.54, 1.807) is 43.5 Å². The number of benzene rings is 2. The summed E-state index contributed by atoms with van der Waals surface area (Å²) in [6.45, 7) is 7.86. The molecule has 218 valence electrons. The number of nitrogens with one attached hydrogen (secondary N) is 2. The van der Waals surface area contributed by atoms with E-state index in [-0.39, 0.29) is 47.8 Å². The number of aliphatic carboxylic acids is 1. The Hall–Kier alpha value is -4.99. The van der Waals surface area contributed by atoms with Gasteiger partial charge >= 0.3 is 5.97 Å². The molecular weight excluding hydrogens is 536 g/mol. The lowest BCUT2D eigenvalue weighted by atomic mass is 9.86. The number of carbonyl (C=O) groups excluding carboxylic acids is 1. The van der Waals surface area contributed by atoms with Crippen LogP contribution in [0.15, 0.2) is 82.5 Å². The number of rotatable bonds is 10. The minimum Gasteiger partial charge on any atom is -0.481 e. The van der Waals surface area contributed by atoms with Crippen LogP contribution in [0.4, 0.5) is 0 Å². The third-order valence-electron chi connectivity index (χ3n) is 6.78. The molecule has 0 radical (unpaired) electrons. The van der Waals surface area contributed by atoms with E-state index in [9.17, 15) is 24.3 Å². The van der Waals surface area contributed by atoms with Crippen molar-refractivity contribution in [3.63, 3.8) is 0 Å². The van der Waals surface area contributed by atoms with Crippen molar-refractivity contribution in [2.75, 3.05) is 0 Å². The third kappa shape index (κ3) is 7.20. The van der Waals surface area contributed by atoms with Crippen molar-refractivity contribution in [2.45, 2.75) is 58.7 Å². The van der Waals surface area contributed by atoms with Crippen molar-refractivity contribution in [1.29, 1.82) is 0 Å². The number of carbonyl (C=O) groups is 2. The lowest BCUT2D eigenvalue weighted by Crippen LogP contribution is -2.41. The molecule has 0 aliphatic heterocycles. The van der Waals surface area contributed by atoms with E-state index in [0.717, 1.165) is 16.7 Å². The Bertz CT molecular complexity index is 1690. The molecule has 1 amide bonds. The van der Waals surface area contributed by atoms with Gasteiger partial charge in [-0.25, -0.2) is 9.78 Å². The first-order valence-corrected chi connectivity index (χ1v) is 13.6. The van der Waals surface area contributed by atoms with Crippen LogP contribution in [0.25, 0.3) is 11.1 Å². The van der Waals surface area contributed by atoms with Crippen LogP contribution >= 0.6 is 0 Å². The van der Waals surface area contributed by atoms with E-state index in [0.29, 0.717) is 0 Å². The highest BCUT2D eigenvalue weighted by atomic mass is 16.5. The van der Waals surface area contributed by atoms with Crippen LogP contribution < -0.4 is 21.2 Å². The maximum Gasteiger partial charge on any atom is 0.326 e. The molecule has 4 rings (SSSR count). The summed E-state index contributed by atoms with van der Waals surface area (Å²) in [5.41, 5.74) is 2.14. The van der Waals surface area contributed by atoms with Crippen LogP contribution in [-0.4, -0.2) is 37.6 Å². The predicted molar refractivity (Wildman–Crippen MR) is 159 cm³/mol. The lowest BCUT2D eigenvalue weighted by molar-refractivity contribution is -0.139. The summed E-state index contributed by atoms with van der Waals surface area (Å²) in [4.78, 5) is 57.6. The van der Waals surface area contributed by atoms with E-state index < -0.39 is 23.5 Å². The zero-order chi connectivity index (χ0) is 30.4. The molecule has 1 atom stereocenters. The Balaban J connectivity index is 1.63. The second kappa shape index (κ2) is 12.7. The number of aromatic nitrogens is 3. The van der Waals surface area contributed by atoms with E-state index in [2.05, 4.69) is 36.1 Å². The predicted octanol–water partition coefficient (Wildman–Crippen LogP) is 4.12. The number of ether oxygens (including phenoxy) is 1. The van der Waals surface area contributed by atoms with Gasteiger partial charge in [-0.15, -0.1) is 0 Å². The van der Waals surface area contributed by atoms with E-state index in [1.807, 2.05) is 30.3 Å². The lowest BCUT2D eigenvalue weighted by Gasteiger charge is -2.19. The molecule has 2 aromatic carbocycles. The molecule has 42 heavy (non-hydrogen) atoms. The maximum absolute atomic E-state index is 13.1. The van der Waals surface area contributed by atoms with Gasteiger partial charge in [0.25, 0.3) is 17.0 Å². The average molecular weight is 571 g/mol. The van der Waals surface area contributed by atoms with Gasteiger partial charge in [0.05, 0.1) is 6.54 Å². The Labute approximate surface area is 243 Å². The molecular formula is C32H34N4O6. The molecule has 0 fully saturated rings. The number of nitrogens with zero attached hydrogens (tertiary/aromatic N) is 2. The highest BCUT2D eigenvalue weighted by Crippen LogP contribution is 2.25. The maximum atomic E-state index is 13.1. The summed E-state index contributed by atoms with van der Waals surface area (Å²) >= 11 is 0. The molecule has 2 aromatic heterocycles. The summed E-state index contributed by atoms with van der Waals surface area (Å²) in [5, 5.41) is 11.8. The van der Waals surface area contributed by atoms with Crippen molar-refractivity contribution in [1.82, 2.24) is 19.9 Å². The van der Waals surface area contributed by atoms with Crippen LogP contribution in [-0.2, 0) is 23.4 Å². The second-order valence-electron chi connectivity index (χ2n) is 10.9. The van der Waals surface area contributed by atoms with Crippen LogP contribution in [0.5, 0.6) is 5.75 Å². The fraction of sp³-hybridized carbons (Fsp3) is 0.281. The minimum absolute atomic E-state index is 0.00875. The van der Waals surface area contributed by atoms with Crippen LogP contribution in [0.3, 0.4) is 0 Å². The zero-order valence-electron chi connectivity index (χ0n) is 24.0. The number of hydrogen-bond acceptors (Lipinski definition) is 6. The average Bonchev–Trinajstić information content (AvgIpc) is 2.96. The monoisotopic (exact) mass is 570 g/mol. The molecule has 0 aliphatic rings. The fourth-order valence-corrected chi connectivity index (χ4v) is 4.31. The van der Waals surface area contributed by atoms with Gasteiger partial charge in [0.2, 0.25) is 5.75 Å². The SMILES string of the molecule is CCC(NC(=O)c1nc(Cn2ccc(-c3ccc(C(C)(C)C)cc3)cc2=O)[nH]c(=O)c1OCc1ccccc1)C(=O)O. The topological polar surface area (TPSA) is 143 Å². The smallest absolute Gasteiger partial charge is 0.326 e. The summed E-state index contributed by atoms with van der Waals surface area (Å²) in [6.07, 6.45) is 1.71. The normalized spacial score (nSPS) is 12.0. The summed E-state index contributed by atoms with van der Waals surface area (Å²) in [7, 11) is 0. The first kappa shape index (κ1) is 30.0. The molecule has 0 saturated carbocycles. The number of carboxylic acid groups (broad SMARTS) is 1. The summed E-state index contributed by atoms with van der Waals surface area (Å²) in [5.74, 6) is -2.41. The number of hydrogen-bond donors (Lipinski definition) is 3. The van der Waals surface area contributed by atoms with Gasteiger partial charge in [0.1, 0.15) is 18.5 Å². The van der Waals surface area contributed by atoms with E-state index >= 15 is 0 Å². The van der Waals surface area contributed by atoms with Gasteiger partial charge in [0, 0.05) is 12.3 Å². The molecule has 0 spiro atoms. The molecule has 0 saturated heterocycles. The Morgan fingerprint density at radius 3 is 2.31 bits per heavy atom. The number of carboxylic acids is 1. The Morgan fingerprint density at radius 2 is 1.71 bits per heavy atom. The minimum atomic E-state index is -1.22. The molecule has 3 N–H and O–H groups in total. The van der Waals surface area contributed by atoms with Crippen molar-refractivity contribution in [2.24, 2.45) is 0 Å². The van der Waals surface area contributed by atoms with Gasteiger partial charge in [-0.1, -0.05) is 82.3 Å². The molecule has 0 aliphatic carbocycles. The van der Waals surface area contributed by atoms with E-state index in [4.69, 9.17) is 4.74 Å². The number of aromatic amines is 1. The van der Waals surface area contributed by atoms with Crippen molar-refractivity contribution < 1.29 is 19.4 Å². The zero-order valence-corrected chi connectivity index (χ0v) is 24.0. The van der Waals surface area contributed by atoms with Crippen molar-refractivity contribution in [3.8, 4) is 16.9 Å². The number of pyridine rings is 1. The first-order valence-electron chi connectivity index (χ1n) is 13.6. The number of amides is 1. The fourth-order valence-electron chi connectivity index (χ4n) is 4.31. The van der Waals surface area contributed by atoms with Crippen molar-refractivity contribution in [3.05, 3.63) is 116 Å². The molecule has 10 heteroatoms. The van der Waals surface area contributed by atoms with Gasteiger partial charge in [-0.3, -0.25) is 14.4 Å². The molecule has 10 nitrogen and oxygen atoms in total. The van der Waals surface area contributed by atoms with Crippen LogP contribution in [0, 0.1) is 0 Å². The van der Waals surface area contributed by atoms with Gasteiger partial charge in [0.15, 0.2) is 5.69 Å². The largest absolute Gasteiger partial charge is 0.481 e. The standard InChI is InChI=1S/C32H34N4O6/c1-5-24(31(40)41)33-29(38)27-28(42-19-20-9-7-6-8-10-20)30(39)35-25(34-27)18-36-16-15-22(17-26(36)37)21-11-13-23(14-12-21)32(2,3)4/h6-17,24H,5,18-19H2,1-4H3,(H,33,38)(H,40,41)(H,34,35,39). The second-order valence-corrected chi connectivity index (χ2v) is 10.9. The summed E-state index contributed by atoms with van der Waals surface area (Å²) < 4.78 is 7.04. The van der Waals surface area contributed by atoms with Crippen LogP contribution in [0.1, 0.15) is 61.6 Å². The molecule has 4 aromatic rings. The molecule has 2 heterocycles. The summed E-state index contributed by atoms with van der Waals surface area (Å²) in [6, 6.07) is 19.1. The highest BCUT2D eigenvalue weighted by molar-refractivity contribution is 5.97. The quantitative estimate of drug-likeness (QED) is 0.260. The van der Waals surface area contributed by atoms with Gasteiger partial charge in [-0.2, -0.15) is 0 Å². The first-order chi connectivity index (χ1) is 20.0. The van der Waals surface area contributed by atoms with Gasteiger partial charge < -0.3 is 24.7 Å². The van der Waals surface area contributed by atoms with Gasteiger partial charge in [-0.05, 0) is 40.2 Å².